The van der Waals surface area contributed by atoms with E-state index in [2.05, 4.69) is 106 Å². The number of hydrogen-bond acceptors (Lipinski definition) is 6. The molecule has 0 saturated carbocycles. The second-order valence-corrected chi connectivity index (χ2v) is 22.4. The molecule has 0 radical (unpaired) electrons. The van der Waals surface area contributed by atoms with Gasteiger partial charge in [-0.15, -0.1) is 0 Å². The molecule has 450 valence electrons. The average molecular weight is 1090 g/mol. The molecule has 6 heteroatoms. The van der Waals surface area contributed by atoms with Crippen LogP contribution in [0.5, 0.6) is 0 Å². The van der Waals surface area contributed by atoms with Gasteiger partial charge in [-0.1, -0.05) is 331 Å². The van der Waals surface area contributed by atoms with Crippen molar-refractivity contribution >= 4 is 17.9 Å². The standard InChI is InChI=1S/C72H126O6/c1-4-7-10-13-16-18-20-22-24-26-28-30-32-33-34-35-36-37-38-40-41-43-45-47-49-51-53-56-59-62-65-71(74)77-68-69(67-76-70(73)64-61-58-55-15-12-9-6-3)78-72(75)66-63-60-57-54-52-50-48-46-44-42-39-31-29-27-25-23-21-19-17-14-11-8-5-2/h8,11,17,19,23,25,29,31,42,44,48,50,54,57,69H,4-7,9-10,12-16,18,20-22,24,26-28,30,32-41,43,45-47,49,51-53,55-56,58-68H2,1-3H3/b11-8-,19-17-,25-23-,31-29-,44-42-,50-48-,57-54-. The third-order valence-corrected chi connectivity index (χ3v) is 14.7. The van der Waals surface area contributed by atoms with Crippen molar-refractivity contribution in [1.82, 2.24) is 0 Å². The Bertz CT molecular complexity index is 1480. The molecule has 0 bridgehead atoms. The lowest BCUT2D eigenvalue weighted by Gasteiger charge is -2.18. The topological polar surface area (TPSA) is 78.9 Å². The Morgan fingerprint density at radius 2 is 0.500 bits per heavy atom. The number of hydrogen-bond donors (Lipinski definition) is 0. The smallest absolute Gasteiger partial charge is 0.306 e. The van der Waals surface area contributed by atoms with Gasteiger partial charge in [0, 0.05) is 19.3 Å². The fourth-order valence-corrected chi connectivity index (χ4v) is 9.67. The van der Waals surface area contributed by atoms with Crippen LogP contribution in [-0.4, -0.2) is 37.2 Å². The Hall–Kier alpha value is -3.41. The van der Waals surface area contributed by atoms with Crippen LogP contribution in [0.25, 0.3) is 0 Å². The maximum atomic E-state index is 12.8. The summed E-state index contributed by atoms with van der Waals surface area (Å²) in [5.74, 6) is -0.951. The summed E-state index contributed by atoms with van der Waals surface area (Å²) >= 11 is 0. The first kappa shape index (κ1) is 74.6. The number of carbonyl (C=O) groups is 3. The van der Waals surface area contributed by atoms with Crippen LogP contribution in [0.4, 0.5) is 0 Å². The summed E-state index contributed by atoms with van der Waals surface area (Å²) in [5, 5.41) is 0. The first-order valence-electron chi connectivity index (χ1n) is 33.6. The molecule has 0 rings (SSSR count). The van der Waals surface area contributed by atoms with Crippen molar-refractivity contribution in [1.29, 1.82) is 0 Å². The fourth-order valence-electron chi connectivity index (χ4n) is 9.67. The summed E-state index contributed by atoms with van der Waals surface area (Å²) in [4.78, 5) is 38.1. The van der Waals surface area contributed by atoms with Crippen LogP contribution >= 0.6 is 0 Å². The quantitative estimate of drug-likeness (QED) is 0.0261. The lowest BCUT2D eigenvalue weighted by molar-refractivity contribution is -0.167. The van der Waals surface area contributed by atoms with Crippen molar-refractivity contribution in [3.05, 3.63) is 85.1 Å². The van der Waals surface area contributed by atoms with E-state index in [0.717, 1.165) is 89.9 Å². The lowest BCUT2D eigenvalue weighted by Crippen LogP contribution is -2.30. The number of esters is 3. The predicted octanol–water partition coefficient (Wildman–Crippen LogP) is 23.1. The first-order chi connectivity index (χ1) is 38.5. The van der Waals surface area contributed by atoms with Crippen molar-refractivity contribution in [3.63, 3.8) is 0 Å². The van der Waals surface area contributed by atoms with Gasteiger partial charge in [-0.3, -0.25) is 14.4 Å². The van der Waals surface area contributed by atoms with Crippen molar-refractivity contribution in [2.24, 2.45) is 0 Å². The average Bonchev–Trinajstić information content (AvgIpc) is 3.44. The van der Waals surface area contributed by atoms with E-state index in [9.17, 15) is 14.4 Å². The Morgan fingerprint density at radius 1 is 0.269 bits per heavy atom. The molecule has 0 saturated heterocycles. The molecule has 1 atom stereocenters. The molecule has 0 aliphatic carbocycles. The minimum absolute atomic E-state index is 0.0965. The second-order valence-electron chi connectivity index (χ2n) is 22.4. The highest BCUT2D eigenvalue weighted by molar-refractivity contribution is 5.71. The molecular formula is C72H126O6. The van der Waals surface area contributed by atoms with Gasteiger partial charge in [0.05, 0.1) is 0 Å². The zero-order chi connectivity index (χ0) is 56.4. The molecule has 78 heavy (non-hydrogen) atoms. The molecule has 0 heterocycles. The maximum Gasteiger partial charge on any atom is 0.306 e. The van der Waals surface area contributed by atoms with E-state index in [1.807, 2.05) is 0 Å². The number of unbranched alkanes of at least 4 members (excludes halogenated alkanes) is 36. The molecule has 0 spiro atoms. The molecule has 0 aliphatic heterocycles. The third-order valence-electron chi connectivity index (χ3n) is 14.7. The first-order valence-corrected chi connectivity index (χ1v) is 33.6. The van der Waals surface area contributed by atoms with Crippen LogP contribution in [0.15, 0.2) is 85.1 Å². The summed E-state index contributed by atoms with van der Waals surface area (Å²) in [7, 11) is 0. The van der Waals surface area contributed by atoms with E-state index in [-0.39, 0.29) is 37.5 Å². The highest BCUT2D eigenvalue weighted by Gasteiger charge is 2.19. The summed E-state index contributed by atoms with van der Waals surface area (Å²) in [6.45, 7) is 6.47. The lowest BCUT2D eigenvalue weighted by atomic mass is 10.0. The molecule has 0 N–H and O–H groups in total. The molecule has 0 aliphatic rings. The maximum absolute atomic E-state index is 12.8. The normalized spacial score (nSPS) is 12.6. The second kappa shape index (κ2) is 66.1. The number of ether oxygens (including phenoxy) is 3. The van der Waals surface area contributed by atoms with Crippen LogP contribution in [0, 0.1) is 0 Å². The van der Waals surface area contributed by atoms with Crippen LogP contribution in [-0.2, 0) is 28.6 Å². The molecule has 1 unspecified atom stereocenters. The van der Waals surface area contributed by atoms with E-state index < -0.39 is 6.10 Å². The minimum atomic E-state index is -0.804. The summed E-state index contributed by atoms with van der Waals surface area (Å²) in [6.07, 6.45) is 87.9. The Balaban J connectivity index is 4.13. The Morgan fingerprint density at radius 3 is 0.769 bits per heavy atom. The highest BCUT2D eigenvalue weighted by atomic mass is 16.6. The largest absolute Gasteiger partial charge is 0.462 e. The van der Waals surface area contributed by atoms with Gasteiger partial charge in [-0.05, 0) is 70.6 Å². The van der Waals surface area contributed by atoms with Crippen LogP contribution in [0.3, 0.4) is 0 Å². The molecule has 0 fully saturated rings. The SMILES string of the molecule is CC/C=C\C/C=C\C/C=C\C/C=C\C/C=C\C/C=C\C/C=C\CCCC(=O)OC(COC(=O)CCCCCCCCC)COC(=O)CCCCCCCCCCCCCCCCCCCCCCCCCCCCCCCC. The van der Waals surface area contributed by atoms with Crippen molar-refractivity contribution in [3.8, 4) is 0 Å². The van der Waals surface area contributed by atoms with E-state index in [0.29, 0.717) is 19.3 Å². The predicted molar refractivity (Wildman–Crippen MR) is 339 cm³/mol. The van der Waals surface area contributed by atoms with E-state index >= 15 is 0 Å². The van der Waals surface area contributed by atoms with Gasteiger partial charge in [0.15, 0.2) is 6.10 Å². The monoisotopic (exact) mass is 1090 g/mol. The van der Waals surface area contributed by atoms with E-state index in [1.165, 1.54) is 199 Å². The van der Waals surface area contributed by atoms with Crippen LogP contribution in [0.2, 0.25) is 0 Å². The zero-order valence-electron chi connectivity index (χ0n) is 51.7. The van der Waals surface area contributed by atoms with Gasteiger partial charge >= 0.3 is 17.9 Å². The van der Waals surface area contributed by atoms with Gasteiger partial charge in [0.2, 0.25) is 0 Å². The Labute approximate surface area is 484 Å². The molecule has 0 amide bonds. The number of allylic oxidation sites excluding steroid dienone is 14. The summed E-state index contributed by atoms with van der Waals surface area (Å²) in [5.41, 5.74) is 0. The number of carbonyl (C=O) groups excluding carboxylic acids is 3. The molecule has 0 aromatic carbocycles. The van der Waals surface area contributed by atoms with Gasteiger partial charge in [0.25, 0.3) is 0 Å². The van der Waals surface area contributed by atoms with E-state index in [1.54, 1.807) is 0 Å². The van der Waals surface area contributed by atoms with Gasteiger partial charge < -0.3 is 14.2 Å². The zero-order valence-corrected chi connectivity index (χ0v) is 51.7. The summed E-state index contributed by atoms with van der Waals surface area (Å²) < 4.78 is 16.8. The molecular weight excluding hydrogens is 961 g/mol. The van der Waals surface area contributed by atoms with E-state index in [4.69, 9.17) is 14.2 Å². The molecule has 0 aromatic rings. The summed E-state index contributed by atoms with van der Waals surface area (Å²) in [6, 6.07) is 0. The number of rotatable bonds is 61. The van der Waals surface area contributed by atoms with Crippen LogP contribution < -0.4 is 0 Å². The van der Waals surface area contributed by atoms with Crippen molar-refractivity contribution in [2.45, 2.75) is 341 Å². The van der Waals surface area contributed by atoms with Gasteiger partial charge in [-0.2, -0.15) is 0 Å². The van der Waals surface area contributed by atoms with Crippen molar-refractivity contribution in [2.75, 3.05) is 13.2 Å². The highest BCUT2D eigenvalue weighted by Crippen LogP contribution is 2.18. The Kier molecular flexibility index (Phi) is 63.2. The third kappa shape index (κ3) is 63.4. The van der Waals surface area contributed by atoms with Gasteiger partial charge in [-0.25, -0.2) is 0 Å². The van der Waals surface area contributed by atoms with Crippen LogP contribution in [0.1, 0.15) is 335 Å². The fraction of sp³-hybridized carbons (Fsp3) is 0.764. The molecule has 0 aromatic heterocycles. The van der Waals surface area contributed by atoms with Gasteiger partial charge in [0.1, 0.15) is 13.2 Å². The van der Waals surface area contributed by atoms with Crippen molar-refractivity contribution < 1.29 is 28.6 Å². The minimum Gasteiger partial charge on any atom is -0.462 e. The molecule has 6 nitrogen and oxygen atoms in total.